The van der Waals surface area contributed by atoms with Crippen molar-refractivity contribution >= 4 is 41.5 Å². The molecular weight excluding hydrogens is 397 g/mol. The number of hydrogen-bond donors (Lipinski definition) is 2. The van der Waals surface area contributed by atoms with Gasteiger partial charge >= 0.3 is 0 Å². The maximum absolute atomic E-state index is 13.0. The third-order valence-electron chi connectivity index (χ3n) is 4.19. The third-order valence-corrected chi connectivity index (χ3v) is 4.52. The fourth-order valence-electron chi connectivity index (χ4n) is 2.60. The number of carbonyl (C=O) groups excluding carboxylic acids is 2. The number of hydrogen-bond acceptors (Lipinski definition) is 3. The Balaban J connectivity index is 0.00000392. The summed E-state index contributed by atoms with van der Waals surface area (Å²) in [7, 11) is 0. The third kappa shape index (κ3) is 6.82. The van der Waals surface area contributed by atoms with Crippen LogP contribution in [-0.2, 0) is 11.2 Å². The van der Waals surface area contributed by atoms with Gasteiger partial charge in [-0.25, -0.2) is 0 Å². The van der Waals surface area contributed by atoms with Crippen LogP contribution < -0.4 is 11.1 Å². The lowest BCUT2D eigenvalue weighted by atomic mass is 10.1. The Morgan fingerprint density at radius 3 is 2.39 bits per heavy atom. The summed E-state index contributed by atoms with van der Waals surface area (Å²) in [5.74, 6) is -0.458. The van der Waals surface area contributed by atoms with Crippen molar-refractivity contribution in [3.63, 3.8) is 0 Å². The smallest absolute Gasteiger partial charge is 0.255 e. The average Bonchev–Trinajstić information content (AvgIpc) is 2.66. The molecule has 0 aromatic heterocycles. The Morgan fingerprint density at radius 1 is 1.11 bits per heavy atom. The zero-order valence-corrected chi connectivity index (χ0v) is 17.7. The van der Waals surface area contributed by atoms with E-state index < -0.39 is 0 Å². The zero-order chi connectivity index (χ0) is 19.8. The summed E-state index contributed by atoms with van der Waals surface area (Å²) in [4.78, 5) is 26.6. The summed E-state index contributed by atoms with van der Waals surface area (Å²) in [5.41, 5.74) is 7.76. The van der Waals surface area contributed by atoms with Crippen LogP contribution >= 0.6 is 24.0 Å². The van der Waals surface area contributed by atoms with Gasteiger partial charge in [0.25, 0.3) is 5.91 Å². The number of anilines is 1. The maximum atomic E-state index is 13.0. The van der Waals surface area contributed by atoms with Gasteiger partial charge in [0, 0.05) is 31.2 Å². The molecule has 0 heterocycles. The Kier molecular flexibility index (Phi) is 10.0. The summed E-state index contributed by atoms with van der Waals surface area (Å²) in [5, 5.41) is 3.15. The molecular formula is C21H27Cl2N3O2. The van der Waals surface area contributed by atoms with Gasteiger partial charge in [0.1, 0.15) is 0 Å². The molecule has 0 aliphatic heterocycles. The fraction of sp³-hybridized carbons (Fsp3) is 0.333. The molecule has 3 N–H and O–H groups in total. The van der Waals surface area contributed by atoms with Gasteiger partial charge in [0.05, 0.1) is 10.6 Å². The first kappa shape index (κ1) is 24.0. The highest BCUT2D eigenvalue weighted by Gasteiger charge is 2.19. The molecule has 0 atom stereocenters. The van der Waals surface area contributed by atoms with Crippen LogP contribution in [0.15, 0.2) is 48.5 Å². The standard InChI is InChI=1S/C21H26ClN3O2.ClH/c1-15(2)20(26)24-17-8-9-19(22)18(14-17)21(27)25(13-11-23)12-10-16-6-4-3-5-7-16;/h3-9,14-15H,10-13,23H2,1-2H3,(H,24,26);1H. The van der Waals surface area contributed by atoms with Crippen LogP contribution in [0.1, 0.15) is 29.8 Å². The van der Waals surface area contributed by atoms with E-state index >= 15 is 0 Å². The quantitative estimate of drug-likeness (QED) is 0.673. The summed E-state index contributed by atoms with van der Waals surface area (Å²) >= 11 is 6.26. The lowest BCUT2D eigenvalue weighted by Gasteiger charge is -2.23. The van der Waals surface area contributed by atoms with Crippen molar-refractivity contribution in [3.05, 3.63) is 64.7 Å². The number of nitrogens with zero attached hydrogens (tertiary/aromatic N) is 1. The predicted molar refractivity (Wildman–Crippen MR) is 117 cm³/mol. The van der Waals surface area contributed by atoms with Crippen LogP contribution in [-0.4, -0.2) is 36.3 Å². The van der Waals surface area contributed by atoms with Crippen LogP contribution in [0.2, 0.25) is 5.02 Å². The summed E-state index contributed by atoms with van der Waals surface area (Å²) in [6.07, 6.45) is 0.730. The molecule has 28 heavy (non-hydrogen) atoms. The Labute approximate surface area is 177 Å². The van der Waals surface area contributed by atoms with E-state index in [1.807, 2.05) is 44.2 Å². The van der Waals surface area contributed by atoms with Crippen molar-refractivity contribution in [1.82, 2.24) is 4.90 Å². The molecule has 2 aromatic rings. The first-order chi connectivity index (χ1) is 12.9. The van der Waals surface area contributed by atoms with Gasteiger partial charge < -0.3 is 16.0 Å². The minimum Gasteiger partial charge on any atom is -0.337 e. The SMILES string of the molecule is CC(C)C(=O)Nc1ccc(Cl)c(C(=O)N(CCN)CCc2ccccc2)c1.Cl. The fourth-order valence-corrected chi connectivity index (χ4v) is 2.80. The van der Waals surface area contributed by atoms with Crippen molar-refractivity contribution in [2.24, 2.45) is 11.7 Å². The topological polar surface area (TPSA) is 75.4 Å². The first-order valence-corrected chi connectivity index (χ1v) is 9.44. The molecule has 0 aliphatic carbocycles. The number of amides is 2. The predicted octanol–water partition coefficient (Wildman–Crippen LogP) is 4.00. The van der Waals surface area contributed by atoms with Crippen LogP contribution in [0.25, 0.3) is 0 Å². The Morgan fingerprint density at radius 2 is 1.79 bits per heavy atom. The van der Waals surface area contributed by atoms with Gasteiger partial charge in [-0.05, 0) is 30.2 Å². The lowest BCUT2D eigenvalue weighted by Crippen LogP contribution is -2.37. The highest BCUT2D eigenvalue weighted by Crippen LogP contribution is 2.23. The molecule has 5 nitrogen and oxygen atoms in total. The van der Waals surface area contributed by atoms with Gasteiger partial charge in [0.2, 0.25) is 5.91 Å². The summed E-state index contributed by atoms with van der Waals surface area (Å²) in [6, 6.07) is 14.9. The zero-order valence-electron chi connectivity index (χ0n) is 16.2. The van der Waals surface area contributed by atoms with Gasteiger partial charge in [-0.1, -0.05) is 55.8 Å². The summed E-state index contributed by atoms with van der Waals surface area (Å²) in [6.45, 7) is 4.96. The van der Waals surface area contributed by atoms with Crippen molar-refractivity contribution < 1.29 is 9.59 Å². The molecule has 2 amide bonds. The van der Waals surface area contributed by atoms with E-state index in [0.717, 1.165) is 12.0 Å². The molecule has 7 heteroatoms. The average molecular weight is 424 g/mol. The second-order valence-corrected chi connectivity index (χ2v) is 7.06. The van der Waals surface area contributed by atoms with Gasteiger partial charge in [0.15, 0.2) is 0 Å². The molecule has 2 aromatic carbocycles. The molecule has 0 unspecified atom stereocenters. The van der Waals surface area contributed by atoms with E-state index in [-0.39, 0.29) is 30.1 Å². The number of nitrogens with one attached hydrogen (secondary N) is 1. The Bertz CT molecular complexity index is 782. The highest BCUT2D eigenvalue weighted by atomic mass is 35.5. The van der Waals surface area contributed by atoms with Gasteiger partial charge in [-0.15, -0.1) is 12.4 Å². The lowest BCUT2D eigenvalue weighted by molar-refractivity contribution is -0.118. The molecule has 0 bridgehead atoms. The molecule has 2 rings (SSSR count). The van der Waals surface area contributed by atoms with Crippen molar-refractivity contribution in [2.45, 2.75) is 20.3 Å². The van der Waals surface area contributed by atoms with E-state index in [2.05, 4.69) is 5.32 Å². The number of nitrogens with two attached hydrogens (primary N) is 1. The maximum Gasteiger partial charge on any atom is 0.255 e. The van der Waals surface area contributed by atoms with Crippen LogP contribution in [0.4, 0.5) is 5.69 Å². The van der Waals surface area contributed by atoms with Crippen LogP contribution in [0.5, 0.6) is 0 Å². The highest BCUT2D eigenvalue weighted by molar-refractivity contribution is 6.34. The van der Waals surface area contributed by atoms with Crippen molar-refractivity contribution in [3.8, 4) is 0 Å². The molecule has 0 radical (unpaired) electrons. The van der Waals surface area contributed by atoms with Crippen LogP contribution in [0.3, 0.4) is 0 Å². The number of rotatable bonds is 8. The van der Waals surface area contributed by atoms with E-state index in [4.69, 9.17) is 17.3 Å². The van der Waals surface area contributed by atoms with E-state index in [0.29, 0.717) is 35.9 Å². The van der Waals surface area contributed by atoms with E-state index in [1.165, 1.54) is 0 Å². The van der Waals surface area contributed by atoms with Crippen LogP contribution in [0, 0.1) is 5.92 Å². The second-order valence-electron chi connectivity index (χ2n) is 6.66. The molecule has 0 saturated heterocycles. The minimum absolute atomic E-state index is 0. The van der Waals surface area contributed by atoms with Crippen molar-refractivity contribution in [1.29, 1.82) is 0 Å². The van der Waals surface area contributed by atoms with E-state index in [9.17, 15) is 9.59 Å². The number of benzene rings is 2. The normalized spacial score (nSPS) is 10.3. The monoisotopic (exact) mass is 423 g/mol. The second kappa shape index (κ2) is 11.7. The molecule has 0 saturated carbocycles. The first-order valence-electron chi connectivity index (χ1n) is 9.06. The molecule has 152 valence electrons. The molecule has 0 aliphatic rings. The van der Waals surface area contributed by atoms with Crippen molar-refractivity contribution in [2.75, 3.05) is 25.0 Å². The number of carbonyl (C=O) groups is 2. The summed E-state index contributed by atoms with van der Waals surface area (Å²) < 4.78 is 0. The van der Waals surface area contributed by atoms with Gasteiger partial charge in [-0.3, -0.25) is 9.59 Å². The van der Waals surface area contributed by atoms with Gasteiger partial charge in [-0.2, -0.15) is 0 Å². The molecule has 0 spiro atoms. The van der Waals surface area contributed by atoms with E-state index in [1.54, 1.807) is 23.1 Å². The number of halogens is 2. The molecule has 0 fully saturated rings. The largest absolute Gasteiger partial charge is 0.337 e. The Hall–Kier alpha value is -2.08. The minimum atomic E-state index is -0.193.